The molecule has 2 fully saturated rings. The molecule has 1 heterocycles. The van der Waals surface area contributed by atoms with Gasteiger partial charge in [0.15, 0.2) is 0 Å². The van der Waals surface area contributed by atoms with Gasteiger partial charge in [-0.25, -0.2) is 0 Å². The smallest absolute Gasteiger partial charge is 0.224 e. The first-order chi connectivity index (χ1) is 9.56. The highest BCUT2D eigenvalue weighted by molar-refractivity contribution is 5.77. The van der Waals surface area contributed by atoms with Gasteiger partial charge in [0.1, 0.15) is 0 Å². The molecule has 1 amide bonds. The first kappa shape index (κ1) is 15.8. The van der Waals surface area contributed by atoms with Gasteiger partial charge in [0.05, 0.1) is 0 Å². The van der Waals surface area contributed by atoms with Crippen molar-refractivity contribution in [2.45, 2.75) is 62.9 Å². The molecule has 1 aliphatic carbocycles. The first-order valence-corrected chi connectivity index (χ1v) is 8.19. The minimum absolute atomic E-state index is 0.0771. The van der Waals surface area contributed by atoms with Gasteiger partial charge in [-0.2, -0.15) is 0 Å². The van der Waals surface area contributed by atoms with Gasteiger partial charge >= 0.3 is 0 Å². The third kappa shape index (κ3) is 3.73. The van der Waals surface area contributed by atoms with Crippen LogP contribution in [0.4, 0.5) is 0 Å². The van der Waals surface area contributed by atoms with E-state index in [0.717, 1.165) is 38.8 Å². The minimum Gasteiger partial charge on any atom is -0.343 e. The van der Waals surface area contributed by atoms with Crippen LogP contribution in [0.15, 0.2) is 0 Å². The molecule has 0 radical (unpaired) electrons. The Morgan fingerprint density at radius 1 is 1.20 bits per heavy atom. The van der Waals surface area contributed by atoms with Gasteiger partial charge in [-0.1, -0.05) is 19.3 Å². The molecule has 4 nitrogen and oxygen atoms in total. The molecule has 0 atom stereocenters. The number of nitrogens with one attached hydrogen (secondary N) is 1. The van der Waals surface area contributed by atoms with E-state index in [1.165, 1.54) is 19.3 Å². The number of piperidine rings is 1. The SMILES string of the molecule is CNC1(CC(=O)N2CCC(N(C)C)CC2)CCCCC1. The van der Waals surface area contributed by atoms with Crippen LogP contribution in [0.25, 0.3) is 0 Å². The van der Waals surface area contributed by atoms with Crippen molar-refractivity contribution >= 4 is 5.91 Å². The molecule has 116 valence electrons. The van der Waals surface area contributed by atoms with Crippen LogP contribution in [0.2, 0.25) is 0 Å². The number of amides is 1. The Morgan fingerprint density at radius 3 is 2.30 bits per heavy atom. The van der Waals surface area contributed by atoms with Crippen LogP contribution in [0.3, 0.4) is 0 Å². The molecule has 0 aromatic heterocycles. The Kier molecular flexibility index (Phi) is 5.44. The van der Waals surface area contributed by atoms with E-state index in [9.17, 15) is 4.79 Å². The fraction of sp³-hybridized carbons (Fsp3) is 0.938. The summed E-state index contributed by atoms with van der Waals surface area (Å²) >= 11 is 0. The molecule has 0 bridgehead atoms. The normalized spacial score (nSPS) is 24.1. The topological polar surface area (TPSA) is 35.6 Å². The molecule has 2 rings (SSSR count). The van der Waals surface area contributed by atoms with Crippen LogP contribution in [-0.4, -0.2) is 61.5 Å². The summed E-state index contributed by atoms with van der Waals surface area (Å²) in [4.78, 5) is 17.0. The summed E-state index contributed by atoms with van der Waals surface area (Å²) in [5.74, 6) is 0.360. The summed E-state index contributed by atoms with van der Waals surface area (Å²) in [5.41, 5.74) is 0.0771. The number of hydrogen-bond acceptors (Lipinski definition) is 3. The van der Waals surface area contributed by atoms with Crippen molar-refractivity contribution in [2.24, 2.45) is 0 Å². The Labute approximate surface area is 123 Å². The maximum absolute atomic E-state index is 12.6. The largest absolute Gasteiger partial charge is 0.343 e. The van der Waals surface area contributed by atoms with Crippen LogP contribution in [-0.2, 0) is 4.79 Å². The third-order valence-corrected chi connectivity index (χ3v) is 5.38. The van der Waals surface area contributed by atoms with Crippen LogP contribution in [0.5, 0.6) is 0 Å². The zero-order valence-electron chi connectivity index (χ0n) is 13.5. The van der Waals surface area contributed by atoms with E-state index in [-0.39, 0.29) is 5.54 Å². The molecular formula is C16H31N3O. The van der Waals surface area contributed by atoms with Crippen molar-refractivity contribution in [3.8, 4) is 0 Å². The number of likely N-dealkylation sites (tertiary alicyclic amines) is 1. The van der Waals surface area contributed by atoms with E-state index >= 15 is 0 Å². The summed E-state index contributed by atoms with van der Waals surface area (Å²) in [7, 11) is 6.30. The number of carbonyl (C=O) groups excluding carboxylic acids is 1. The number of carbonyl (C=O) groups is 1. The molecule has 1 aliphatic heterocycles. The van der Waals surface area contributed by atoms with Crippen LogP contribution < -0.4 is 5.32 Å². The Morgan fingerprint density at radius 2 is 1.80 bits per heavy atom. The summed E-state index contributed by atoms with van der Waals surface area (Å²) in [6.45, 7) is 1.86. The van der Waals surface area contributed by atoms with Gasteiger partial charge < -0.3 is 15.1 Å². The molecule has 1 N–H and O–H groups in total. The van der Waals surface area contributed by atoms with E-state index < -0.39 is 0 Å². The fourth-order valence-electron chi connectivity index (χ4n) is 3.78. The lowest BCUT2D eigenvalue weighted by Gasteiger charge is -2.40. The second-order valence-corrected chi connectivity index (χ2v) is 6.84. The number of hydrogen-bond donors (Lipinski definition) is 1. The van der Waals surface area contributed by atoms with Gasteiger partial charge in [0.2, 0.25) is 5.91 Å². The van der Waals surface area contributed by atoms with Crippen molar-refractivity contribution in [2.75, 3.05) is 34.2 Å². The van der Waals surface area contributed by atoms with Crippen LogP contribution in [0.1, 0.15) is 51.4 Å². The highest BCUT2D eigenvalue weighted by Crippen LogP contribution is 2.31. The summed E-state index contributed by atoms with van der Waals surface area (Å²) in [6, 6.07) is 0.645. The van der Waals surface area contributed by atoms with E-state index in [1.807, 2.05) is 7.05 Å². The molecule has 4 heteroatoms. The van der Waals surface area contributed by atoms with Gasteiger partial charge in [0.25, 0.3) is 0 Å². The van der Waals surface area contributed by atoms with Crippen molar-refractivity contribution in [1.82, 2.24) is 15.1 Å². The second-order valence-electron chi connectivity index (χ2n) is 6.84. The lowest BCUT2D eigenvalue weighted by molar-refractivity contribution is -0.134. The zero-order valence-corrected chi connectivity index (χ0v) is 13.5. The van der Waals surface area contributed by atoms with Crippen molar-refractivity contribution in [3.63, 3.8) is 0 Å². The average Bonchev–Trinajstić information content (AvgIpc) is 2.48. The molecule has 1 saturated carbocycles. The maximum Gasteiger partial charge on any atom is 0.224 e. The monoisotopic (exact) mass is 281 g/mol. The van der Waals surface area contributed by atoms with Gasteiger partial charge in [0, 0.05) is 31.1 Å². The van der Waals surface area contributed by atoms with E-state index in [2.05, 4.69) is 29.2 Å². The van der Waals surface area contributed by atoms with E-state index in [4.69, 9.17) is 0 Å². The number of rotatable bonds is 4. The van der Waals surface area contributed by atoms with Gasteiger partial charge in [-0.3, -0.25) is 4.79 Å². The van der Waals surface area contributed by atoms with Gasteiger partial charge in [-0.15, -0.1) is 0 Å². The van der Waals surface area contributed by atoms with Crippen molar-refractivity contribution in [3.05, 3.63) is 0 Å². The van der Waals surface area contributed by atoms with E-state index in [1.54, 1.807) is 0 Å². The Balaban J connectivity index is 1.85. The molecule has 0 aromatic carbocycles. The highest BCUT2D eigenvalue weighted by Gasteiger charge is 2.35. The summed E-state index contributed by atoms with van der Waals surface area (Å²) in [5, 5.41) is 3.46. The molecule has 1 saturated heterocycles. The van der Waals surface area contributed by atoms with Crippen molar-refractivity contribution in [1.29, 1.82) is 0 Å². The zero-order chi connectivity index (χ0) is 14.6. The predicted molar refractivity (Wildman–Crippen MR) is 82.8 cm³/mol. The molecule has 2 aliphatic rings. The fourth-order valence-corrected chi connectivity index (χ4v) is 3.78. The minimum atomic E-state index is 0.0771. The average molecular weight is 281 g/mol. The molecule has 0 spiro atoms. The van der Waals surface area contributed by atoms with Crippen LogP contribution in [0, 0.1) is 0 Å². The number of nitrogens with zero attached hydrogens (tertiary/aromatic N) is 2. The third-order valence-electron chi connectivity index (χ3n) is 5.38. The summed E-state index contributed by atoms with van der Waals surface area (Å²) < 4.78 is 0. The van der Waals surface area contributed by atoms with Crippen molar-refractivity contribution < 1.29 is 4.79 Å². The van der Waals surface area contributed by atoms with E-state index in [0.29, 0.717) is 18.4 Å². The lowest BCUT2D eigenvalue weighted by atomic mass is 9.79. The Hall–Kier alpha value is -0.610. The molecule has 0 aromatic rings. The molecule has 20 heavy (non-hydrogen) atoms. The quantitative estimate of drug-likeness (QED) is 0.854. The van der Waals surface area contributed by atoms with Crippen LogP contribution >= 0.6 is 0 Å². The predicted octanol–water partition coefficient (Wildman–Crippen LogP) is 1.85. The highest BCUT2D eigenvalue weighted by atomic mass is 16.2. The summed E-state index contributed by atoms with van der Waals surface area (Å²) in [6.07, 6.45) is 9.08. The van der Waals surface area contributed by atoms with Gasteiger partial charge in [-0.05, 0) is 46.8 Å². The lowest BCUT2D eigenvalue weighted by Crippen LogP contribution is -2.51. The second kappa shape index (κ2) is 6.90. The Bertz CT molecular complexity index is 316. The molecule has 0 unspecified atom stereocenters. The first-order valence-electron chi connectivity index (χ1n) is 8.19. The molecular weight excluding hydrogens is 250 g/mol. The maximum atomic E-state index is 12.6. The standard InChI is InChI=1S/C16H31N3O/c1-17-16(9-5-4-6-10-16)13-15(20)19-11-7-14(8-12-19)18(2)3/h14,17H,4-13H2,1-3H3.